The maximum atomic E-state index is 14.0. The van der Waals surface area contributed by atoms with Gasteiger partial charge in [-0.25, -0.2) is 4.39 Å². The zero-order chi connectivity index (χ0) is 20.0. The molecule has 0 aliphatic carbocycles. The number of halogens is 4. The average Bonchev–Trinajstić information content (AvgIpc) is 3.04. The van der Waals surface area contributed by atoms with Gasteiger partial charge in [0.1, 0.15) is 11.6 Å². The van der Waals surface area contributed by atoms with E-state index in [2.05, 4.69) is 9.84 Å². The Balaban J connectivity index is 1.76. The molecule has 146 valence electrons. The summed E-state index contributed by atoms with van der Waals surface area (Å²) < 4.78 is 68.0. The lowest BCUT2D eigenvalue weighted by molar-refractivity contribution is -0.274. The number of alkyl halides is 3. The van der Waals surface area contributed by atoms with E-state index in [1.807, 2.05) is 27.7 Å². The Kier molecular flexibility index (Phi) is 4.76. The Morgan fingerprint density at radius 1 is 1.11 bits per heavy atom. The molecule has 0 amide bonds. The summed E-state index contributed by atoms with van der Waals surface area (Å²) in [5, 5.41) is 4.30. The summed E-state index contributed by atoms with van der Waals surface area (Å²) in [6.45, 7) is 7.56. The van der Waals surface area contributed by atoms with Gasteiger partial charge in [0.05, 0.1) is 23.3 Å². The van der Waals surface area contributed by atoms with Gasteiger partial charge < -0.3 is 14.0 Å². The van der Waals surface area contributed by atoms with Gasteiger partial charge in [0.2, 0.25) is 0 Å². The lowest BCUT2D eigenvalue weighted by Crippen LogP contribution is -2.41. The first-order valence-corrected chi connectivity index (χ1v) is 8.29. The highest BCUT2D eigenvalue weighted by molar-refractivity contribution is 6.61. The Bertz CT molecular complexity index is 820. The first-order valence-electron chi connectivity index (χ1n) is 8.29. The van der Waals surface area contributed by atoms with Crippen LogP contribution in [0.15, 0.2) is 30.5 Å². The van der Waals surface area contributed by atoms with Crippen LogP contribution < -0.4 is 10.3 Å². The molecular formula is C17H19BF4N2O3. The van der Waals surface area contributed by atoms with Crippen molar-refractivity contribution in [2.45, 2.75) is 51.8 Å². The minimum atomic E-state index is -4.84. The molecule has 10 heteroatoms. The van der Waals surface area contributed by atoms with Crippen LogP contribution >= 0.6 is 0 Å². The zero-order valence-electron chi connectivity index (χ0n) is 15.3. The van der Waals surface area contributed by atoms with Crippen molar-refractivity contribution in [2.24, 2.45) is 0 Å². The van der Waals surface area contributed by atoms with Gasteiger partial charge in [0, 0.05) is 11.8 Å². The van der Waals surface area contributed by atoms with Gasteiger partial charge >= 0.3 is 13.5 Å². The SMILES string of the molecule is CC1(C)OB(c2ccn(Cc3cc(OC(F)(F)F)ccc3F)n2)OC1(C)C. The van der Waals surface area contributed by atoms with E-state index in [9.17, 15) is 17.6 Å². The number of hydrogen-bond donors (Lipinski definition) is 0. The molecule has 0 unspecified atom stereocenters. The molecule has 1 aromatic carbocycles. The van der Waals surface area contributed by atoms with Crippen molar-refractivity contribution < 1.29 is 31.6 Å². The number of hydrogen-bond acceptors (Lipinski definition) is 4. The summed E-state index contributed by atoms with van der Waals surface area (Å²) in [6, 6.07) is 4.51. The van der Waals surface area contributed by atoms with E-state index in [1.54, 1.807) is 12.3 Å². The van der Waals surface area contributed by atoms with Gasteiger partial charge in [0.15, 0.2) is 0 Å². The van der Waals surface area contributed by atoms with Crippen molar-refractivity contribution in [2.75, 3.05) is 0 Å². The maximum Gasteiger partial charge on any atom is 0.573 e. The van der Waals surface area contributed by atoms with Crippen LogP contribution in [-0.2, 0) is 15.9 Å². The van der Waals surface area contributed by atoms with Crippen molar-refractivity contribution in [1.29, 1.82) is 0 Å². The fourth-order valence-electron chi connectivity index (χ4n) is 2.60. The average molecular weight is 386 g/mol. The van der Waals surface area contributed by atoms with Crippen molar-refractivity contribution in [3.8, 4) is 5.75 Å². The fourth-order valence-corrected chi connectivity index (χ4v) is 2.60. The molecule has 0 bridgehead atoms. The Labute approximate surface area is 154 Å². The van der Waals surface area contributed by atoms with Crippen LogP contribution in [0, 0.1) is 5.82 Å². The highest BCUT2D eigenvalue weighted by atomic mass is 19.4. The van der Waals surface area contributed by atoms with E-state index in [0.717, 1.165) is 18.2 Å². The fraction of sp³-hybridized carbons (Fsp3) is 0.471. The lowest BCUT2D eigenvalue weighted by atomic mass is 9.85. The summed E-state index contributed by atoms with van der Waals surface area (Å²) in [6.07, 6.45) is -3.26. The standard InChI is InChI=1S/C17H19BF4N2O3/c1-15(2)16(3,4)27-18(26-15)14-7-8-24(23-14)10-11-9-12(5-6-13(11)19)25-17(20,21)22/h5-9H,10H2,1-4H3. The van der Waals surface area contributed by atoms with Crippen molar-refractivity contribution >= 4 is 12.7 Å². The highest BCUT2D eigenvalue weighted by Gasteiger charge is 2.52. The minimum absolute atomic E-state index is 0.0142. The van der Waals surface area contributed by atoms with Crippen LogP contribution in [0.25, 0.3) is 0 Å². The second-order valence-corrected chi connectivity index (χ2v) is 7.33. The third kappa shape index (κ3) is 4.27. The Morgan fingerprint density at radius 3 is 2.33 bits per heavy atom. The molecule has 1 saturated heterocycles. The first kappa shape index (κ1) is 19.7. The smallest absolute Gasteiger partial charge is 0.406 e. The van der Waals surface area contributed by atoms with Gasteiger partial charge in [-0.15, -0.1) is 13.2 Å². The number of benzene rings is 1. The quantitative estimate of drug-likeness (QED) is 0.598. The molecular weight excluding hydrogens is 367 g/mol. The van der Waals surface area contributed by atoms with E-state index in [0.29, 0.717) is 5.59 Å². The van der Waals surface area contributed by atoms with E-state index in [-0.39, 0.29) is 12.1 Å². The molecule has 0 atom stereocenters. The molecule has 3 rings (SSSR count). The molecule has 5 nitrogen and oxygen atoms in total. The third-order valence-corrected chi connectivity index (χ3v) is 4.74. The first-order chi connectivity index (χ1) is 12.4. The van der Waals surface area contributed by atoms with Crippen LogP contribution in [0.4, 0.5) is 17.6 Å². The second-order valence-electron chi connectivity index (χ2n) is 7.33. The topological polar surface area (TPSA) is 45.5 Å². The van der Waals surface area contributed by atoms with Crippen molar-refractivity contribution in [3.63, 3.8) is 0 Å². The van der Waals surface area contributed by atoms with E-state index >= 15 is 0 Å². The predicted octanol–water partition coefficient (Wildman–Crippen LogP) is 3.27. The summed E-state index contributed by atoms with van der Waals surface area (Å²) >= 11 is 0. The number of nitrogens with zero attached hydrogens (tertiary/aromatic N) is 2. The summed E-state index contributed by atoms with van der Waals surface area (Å²) in [5.74, 6) is -1.14. The largest absolute Gasteiger partial charge is 0.573 e. The van der Waals surface area contributed by atoms with E-state index in [1.165, 1.54) is 4.68 Å². The third-order valence-electron chi connectivity index (χ3n) is 4.74. The highest BCUT2D eigenvalue weighted by Crippen LogP contribution is 2.36. The van der Waals surface area contributed by atoms with Crippen LogP contribution in [0.1, 0.15) is 33.3 Å². The van der Waals surface area contributed by atoms with Crippen molar-refractivity contribution in [1.82, 2.24) is 9.78 Å². The zero-order valence-corrected chi connectivity index (χ0v) is 15.3. The molecule has 0 spiro atoms. The molecule has 1 aliphatic rings. The second kappa shape index (κ2) is 6.52. The van der Waals surface area contributed by atoms with Crippen LogP contribution in [-0.4, -0.2) is 34.5 Å². The van der Waals surface area contributed by atoms with Crippen LogP contribution in [0.3, 0.4) is 0 Å². The van der Waals surface area contributed by atoms with Crippen LogP contribution in [0.2, 0.25) is 0 Å². The number of ether oxygens (including phenoxy) is 1. The molecule has 2 heterocycles. The van der Waals surface area contributed by atoms with Gasteiger partial charge in [-0.2, -0.15) is 5.10 Å². The van der Waals surface area contributed by atoms with Gasteiger partial charge in [0.25, 0.3) is 0 Å². The van der Waals surface area contributed by atoms with Gasteiger partial charge in [-0.05, 0) is 52.0 Å². The Hall–Kier alpha value is -2.07. The monoisotopic (exact) mass is 386 g/mol. The summed E-state index contributed by atoms with van der Waals surface area (Å²) in [5.41, 5.74) is -0.551. The molecule has 1 aliphatic heterocycles. The number of rotatable bonds is 4. The minimum Gasteiger partial charge on any atom is -0.406 e. The summed E-state index contributed by atoms with van der Waals surface area (Å²) in [4.78, 5) is 0. The molecule has 0 radical (unpaired) electrons. The van der Waals surface area contributed by atoms with Gasteiger partial charge in [-0.1, -0.05) is 0 Å². The van der Waals surface area contributed by atoms with E-state index < -0.39 is 36.2 Å². The van der Waals surface area contributed by atoms with Crippen LogP contribution in [0.5, 0.6) is 5.75 Å². The molecule has 2 aromatic rings. The van der Waals surface area contributed by atoms with Crippen molar-refractivity contribution in [3.05, 3.63) is 41.8 Å². The normalized spacial score (nSPS) is 18.7. The lowest BCUT2D eigenvalue weighted by Gasteiger charge is -2.32. The Morgan fingerprint density at radius 2 is 1.74 bits per heavy atom. The number of aromatic nitrogens is 2. The maximum absolute atomic E-state index is 14.0. The summed E-state index contributed by atoms with van der Waals surface area (Å²) in [7, 11) is -0.680. The molecule has 1 aromatic heterocycles. The predicted molar refractivity (Wildman–Crippen MR) is 90.1 cm³/mol. The molecule has 1 fully saturated rings. The molecule has 0 N–H and O–H groups in total. The molecule has 27 heavy (non-hydrogen) atoms. The van der Waals surface area contributed by atoms with Gasteiger partial charge in [-0.3, -0.25) is 4.68 Å². The molecule has 0 saturated carbocycles. The van der Waals surface area contributed by atoms with E-state index in [4.69, 9.17) is 9.31 Å².